The largest absolute Gasteiger partial charge is 0.489 e. The first-order chi connectivity index (χ1) is 12.9. The average Bonchev–Trinajstić information content (AvgIpc) is 2.63. The third-order valence-corrected chi connectivity index (χ3v) is 4.47. The number of benzene rings is 2. The first-order valence-electron chi connectivity index (χ1n) is 8.14. The number of hydrogen-bond acceptors (Lipinski definition) is 4. The average molecular weight is 399 g/mol. The van der Waals surface area contributed by atoms with Gasteiger partial charge in [0.1, 0.15) is 12.4 Å². The van der Waals surface area contributed by atoms with Gasteiger partial charge in [-0.1, -0.05) is 30.3 Å². The standard InChI is InChI=1S/C19H20F3NO3S/c1-25-9-10-26-17-8-7-15(19(20,21)22)11-16(17)23-18(24)13-27-12-14-5-3-2-4-6-14/h2-8,11H,9-10,12-13H2,1H3,(H,23,24). The van der Waals surface area contributed by atoms with Gasteiger partial charge in [0.2, 0.25) is 5.91 Å². The van der Waals surface area contributed by atoms with E-state index in [2.05, 4.69) is 5.32 Å². The number of thioether (sulfide) groups is 1. The summed E-state index contributed by atoms with van der Waals surface area (Å²) in [7, 11) is 1.49. The van der Waals surface area contributed by atoms with E-state index < -0.39 is 17.6 Å². The van der Waals surface area contributed by atoms with Crippen molar-refractivity contribution < 1.29 is 27.4 Å². The van der Waals surface area contributed by atoms with E-state index >= 15 is 0 Å². The third kappa shape index (κ3) is 7.15. The van der Waals surface area contributed by atoms with Gasteiger partial charge in [0.25, 0.3) is 0 Å². The Balaban J connectivity index is 2.01. The molecule has 0 fully saturated rings. The van der Waals surface area contributed by atoms with Crippen molar-refractivity contribution in [2.45, 2.75) is 11.9 Å². The molecule has 0 aliphatic carbocycles. The molecule has 146 valence electrons. The van der Waals surface area contributed by atoms with E-state index in [9.17, 15) is 18.0 Å². The van der Waals surface area contributed by atoms with E-state index in [1.807, 2.05) is 30.3 Å². The number of carbonyl (C=O) groups is 1. The van der Waals surface area contributed by atoms with Gasteiger partial charge in [-0.15, -0.1) is 11.8 Å². The molecule has 0 saturated heterocycles. The predicted octanol–water partition coefficient (Wildman–Crippen LogP) is 4.60. The Morgan fingerprint density at radius 2 is 1.85 bits per heavy atom. The topological polar surface area (TPSA) is 47.6 Å². The van der Waals surface area contributed by atoms with Crippen LogP contribution in [0.2, 0.25) is 0 Å². The Morgan fingerprint density at radius 1 is 1.11 bits per heavy atom. The highest BCUT2D eigenvalue weighted by Gasteiger charge is 2.31. The van der Waals surface area contributed by atoms with Gasteiger partial charge in [-0.05, 0) is 23.8 Å². The minimum Gasteiger partial charge on any atom is -0.489 e. The number of ether oxygens (including phenoxy) is 2. The molecule has 0 atom stereocenters. The van der Waals surface area contributed by atoms with Crippen LogP contribution in [-0.2, 0) is 21.5 Å². The molecule has 4 nitrogen and oxygen atoms in total. The summed E-state index contributed by atoms with van der Waals surface area (Å²) in [4.78, 5) is 12.2. The lowest BCUT2D eigenvalue weighted by Gasteiger charge is -2.15. The molecule has 0 spiro atoms. The zero-order valence-corrected chi connectivity index (χ0v) is 15.5. The van der Waals surface area contributed by atoms with Gasteiger partial charge in [0, 0.05) is 12.9 Å². The van der Waals surface area contributed by atoms with Crippen molar-refractivity contribution in [3.63, 3.8) is 0 Å². The maximum absolute atomic E-state index is 13.0. The normalized spacial score (nSPS) is 11.3. The van der Waals surface area contributed by atoms with E-state index in [1.54, 1.807) is 0 Å². The summed E-state index contributed by atoms with van der Waals surface area (Å²) < 4.78 is 49.1. The second-order valence-corrected chi connectivity index (χ2v) is 6.56. The summed E-state index contributed by atoms with van der Waals surface area (Å²) >= 11 is 1.38. The third-order valence-electron chi connectivity index (χ3n) is 3.47. The smallest absolute Gasteiger partial charge is 0.416 e. The second-order valence-electron chi connectivity index (χ2n) is 5.58. The number of alkyl halides is 3. The van der Waals surface area contributed by atoms with E-state index in [0.29, 0.717) is 5.75 Å². The van der Waals surface area contributed by atoms with Crippen LogP contribution in [0.1, 0.15) is 11.1 Å². The van der Waals surface area contributed by atoms with Crippen molar-refractivity contribution in [2.75, 3.05) is 31.4 Å². The predicted molar refractivity (Wildman–Crippen MR) is 100 cm³/mol. The number of amides is 1. The molecule has 2 aromatic rings. The Morgan fingerprint density at radius 3 is 2.52 bits per heavy atom. The number of hydrogen-bond donors (Lipinski definition) is 1. The molecule has 0 aliphatic rings. The molecule has 0 saturated carbocycles. The van der Waals surface area contributed by atoms with Crippen LogP contribution in [0.3, 0.4) is 0 Å². The molecule has 1 N–H and O–H groups in total. The summed E-state index contributed by atoms with van der Waals surface area (Å²) in [5.41, 5.74) is 0.207. The van der Waals surface area contributed by atoms with Crippen LogP contribution in [0, 0.1) is 0 Å². The molecule has 0 heterocycles. The van der Waals surface area contributed by atoms with Gasteiger partial charge >= 0.3 is 6.18 Å². The molecular weight excluding hydrogens is 379 g/mol. The number of halogens is 3. The Kier molecular flexibility index (Phi) is 7.99. The number of methoxy groups -OCH3 is 1. The SMILES string of the molecule is COCCOc1ccc(C(F)(F)F)cc1NC(=O)CSCc1ccccc1. The summed E-state index contributed by atoms with van der Waals surface area (Å²) in [6, 6.07) is 12.6. The molecule has 0 unspecified atom stereocenters. The molecule has 0 aliphatic heterocycles. The van der Waals surface area contributed by atoms with Gasteiger partial charge in [0.05, 0.1) is 23.6 Å². The lowest BCUT2D eigenvalue weighted by Crippen LogP contribution is -2.17. The molecule has 2 rings (SSSR count). The number of nitrogens with one attached hydrogen (secondary N) is 1. The van der Waals surface area contributed by atoms with Crippen LogP contribution in [0.5, 0.6) is 5.75 Å². The summed E-state index contributed by atoms with van der Waals surface area (Å²) in [5.74, 6) is 0.518. The lowest BCUT2D eigenvalue weighted by atomic mass is 10.1. The van der Waals surface area contributed by atoms with Gasteiger partial charge < -0.3 is 14.8 Å². The highest BCUT2D eigenvalue weighted by Crippen LogP contribution is 2.35. The Hall–Kier alpha value is -2.19. The zero-order valence-electron chi connectivity index (χ0n) is 14.7. The molecule has 1 amide bonds. The Bertz CT molecular complexity index is 739. The number of carbonyl (C=O) groups excluding carboxylic acids is 1. The quantitative estimate of drug-likeness (QED) is 0.626. The lowest BCUT2D eigenvalue weighted by molar-refractivity contribution is -0.137. The summed E-state index contributed by atoms with van der Waals surface area (Å²) in [6.45, 7) is 0.439. The molecular formula is C19H20F3NO3S. The number of anilines is 1. The van der Waals surface area contributed by atoms with Gasteiger partial charge in [-0.2, -0.15) is 13.2 Å². The van der Waals surface area contributed by atoms with Crippen molar-refractivity contribution in [3.8, 4) is 5.75 Å². The first-order valence-corrected chi connectivity index (χ1v) is 9.30. The van der Waals surface area contributed by atoms with Crippen molar-refractivity contribution in [2.24, 2.45) is 0 Å². The van der Waals surface area contributed by atoms with Crippen LogP contribution in [0.15, 0.2) is 48.5 Å². The van der Waals surface area contributed by atoms with Crippen molar-refractivity contribution >= 4 is 23.4 Å². The van der Waals surface area contributed by atoms with Crippen LogP contribution < -0.4 is 10.1 Å². The maximum atomic E-state index is 13.0. The minimum atomic E-state index is -4.51. The maximum Gasteiger partial charge on any atom is 0.416 e. The van der Waals surface area contributed by atoms with Gasteiger partial charge in [-0.3, -0.25) is 4.79 Å². The highest BCUT2D eigenvalue weighted by molar-refractivity contribution is 7.99. The monoisotopic (exact) mass is 399 g/mol. The van der Waals surface area contributed by atoms with E-state index in [-0.39, 0.29) is 30.4 Å². The van der Waals surface area contributed by atoms with Crippen molar-refractivity contribution in [1.29, 1.82) is 0 Å². The fourth-order valence-electron chi connectivity index (χ4n) is 2.19. The first kappa shape index (κ1) is 21.1. The van der Waals surface area contributed by atoms with Crippen LogP contribution in [-0.4, -0.2) is 32.0 Å². The fourth-order valence-corrected chi connectivity index (χ4v) is 2.97. The van der Waals surface area contributed by atoms with Gasteiger partial charge in [0.15, 0.2) is 0 Å². The van der Waals surface area contributed by atoms with Crippen molar-refractivity contribution in [1.82, 2.24) is 0 Å². The van der Waals surface area contributed by atoms with E-state index in [1.165, 1.54) is 24.9 Å². The molecule has 27 heavy (non-hydrogen) atoms. The summed E-state index contributed by atoms with van der Waals surface area (Å²) in [6.07, 6.45) is -4.51. The van der Waals surface area contributed by atoms with Crippen LogP contribution in [0.25, 0.3) is 0 Å². The second kappa shape index (κ2) is 10.2. The van der Waals surface area contributed by atoms with Crippen LogP contribution in [0.4, 0.5) is 18.9 Å². The zero-order chi connectivity index (χ0) is 19.7. The van der Waals surface area contributed by atoms with Crippen molar-refractivity contribution in [3.05, 3.63) is 59.7 Å². The number of rotatable bonds is 9. The van der Waals surface area contributed by atoms with E-state index in [0.717, 1.165) is 17.7 Å². The molecule has 0 aromatic heterocycles. The molecule has 2 aromatic carbocycles. The minimum absolute atomic E-state index is 0.00811. The Labute approximate surface area is 160 Å². The van der Waals surface area contributed by atoms with E-state index in [4.69, 9.17) is 9.47 Å². The molecule has 0 radical (unpaired) electrons. The molecule has 8 heteroatoms. The highest BCUT2D eigenvalue weighted by atomic mass is 32.2. The summed E-state index contributed by atoms with van der Waals surface area (Å²) in [5, 5.41) is 2.51. The van der Waals surface area contributed by atoms with Gasteiger partial charge in [-0.25, -0.2) is 0 Å². The molecule has 0 bridgehead atoms. The fraction of sp³-hybridized carbons (Fsp3) is 0.316. The van der Waals surface area contributed by atoms with Crippen LogP contribution >= 0.6 is 11.8 Å².